The molecule has 1 fully saturated rings. The van der Waals surface area contributed by atoms with E-state index in [2.05, 4.69) is 0 Å². The summed E-state index contributed by atoms with van der Waals surface area (Å²) >= 11 is 0. The van der Waals surface area contributed by atoms with Gasteiger partial charge in [0.25, 0.3) is 5.91 Å². The first-order valence-electron chi connectivity index (χ1n) is 8.51. The molecule has 1 aliphatic heterocycles. The predicted molar refractivity (Wildman–Crippen MR) is 87.5 cm³/mol. The largest absolute Gasteiger partial charge is 0.341 e. The van der Waals surface area contributed by atoms with E-state index in [-0.39, 0.29) is 23.3 Å². The summed E-state index contributed by atoms with van der Waals surface area (Å²) in [6.07, 6.45) is 2.30. The van der Waals surface area contributed by atoms with Crippen LogP contribution in [-0.4, -0.2) is 47.8 Å². The van der Waals surface area contributed by atoms with Crippen molar-refractivity contribution in [3.05, 3.63) is 35.4 Å². The lowest BCUT2D eigenvalue weighted by atomic mass is 10.0. The second kappa shape index (κ2) is 8.22. The van der Waals surface area contributed by atoms with Crippen LogP contribution in [0.4, 0.5) is 8.78 Å². The number of carbonyl (C=O) groups excluding carboxylic acids is 2. The Balaban J connectivity index is 2.03. The van der Waals surface area contributed by atoms with Gasteiger partial charge in [-0.25, -0.2) is 8.78 Å². The van der Waals surface area contributed by atoms with Gasteiger partial charge in [-0.05, 0) is 37.5 Å². The highest BCUT2D eigenvalue weighted by atomic mass is 19.2. The maximum atomic E-state index is 13.3. The SMILES string of the molecule is CCC(CC)C(=O)N1CCCN(C(=O)c2ccc(F)c(F)c2)CC1. The molecule has 24 heavy (non-hydrogen) atoms. The van der Waals surface area contributed by atoms with Gasteiger partial charge < -0.3 is 9.80 Å². The van der Waals surface area contributed by atoms with Gasteiger partial charge in [0.2, 0.25) is 5.91 Å². The van der Waals surface area contributed by atoms with Gasteiger partial charge in [-0.1, -0.05) is 13.8 Å². The van der Waals surface area contributed by atoms with Gasteiger partial charge in [0, 0.05) is 37.7 Å². The molecule has 0 spiro atoms. The summed E-state index contributed by atoms with van der Waals surface area (Å²) in [5.41, 5.74) is 0.133. The first kappa shape index (κ1) is 18.4. The second-order valence-electron chi connectivity index (χ2n) is 6.11. The van der Waals surface area contributed by atoms with E-state index in [1.54, 1.807) is 4.90 Å². The molecular weight excluding hydrogens is 314 g/mol. The summed E-state index contributed by atoms with van der Waals surface area (Å²) < 4.78 is 26.3. The zero-order valence-electron chi connectivity index (χ0n) is 14.2. The summed E-state index contributed by atoms with van der Waals surface area (Å²) in [4.78, 5) is 28.4. The second-order valence-corrected chi connectivity index (χ2v) is 6.11. The summed E-state index contributed by atoms with van der Waals surface area (Å²) in [7, 11) is 0. The smallest absolute Gasteiger partial charge is 0.254 e. The monoisotopic (exact) mass is 338 g/mol. The molecule has 0 saturated carbocycles. The highest BCUT2D eigenvalue weighted by Gasteiger charge is 2.26. The first-order chi connectivity index (χ1) is 11.5. The number of benzene rings is 1. The molecule has 0 aromatic heterocycles. The van der Waals surface area contributed by atoms with E-state index in [4.69, 9.17) is 0 Å². The fourth-order valence-corrected chi connectivity index (χ4v) is 3.05. The van der Waals surface area contributed by atoms with E-state index in [1.807, 2.05) is 18.7 Å². The van der Waals surface area contributed by atoms with Crippen molar-refractivity contribution in [1.82, 2.24) is 9.80 Å². The van der Waals surface area contributed by atoms with Gasteiger partial charge in [-0.3, -0.25) is 9.59 Å². The van der Waals surface area contributed by atoms with Crippen molar-refractivity contribution >= 4 is 11.8 Å². The molecule has 2 rings (SSSR count). The minimum absolute atomic E-state index is 0.0263. The van der Waals surface area contributed by atoms with Crippen LogP contribution in [0.25, 0.3) is 0 Å². The molecule has 0 aliphatic carbocycles. The van der Waals surface area contributed by atoms with Crippen LogP contribution in [-0.2, 0) is 4.79 Å². The van der Waals surface area contributed by atoms with E-state index in [1.165, 1.54) is 6.07 Å². The number of nitrogens with zero attached hydrogens (tertiary/aromatic N) is 2. The molecule has 1 heterocycles. The van der Waals surface area contributed by atoms with Crippen LogP contribution in [0.1, 0.15) is 43.5 Å². The molecule has 0 N–H and O–H groups in total. The van der Waals surface area contributed by atoms with Crippen LogP contribution in [0.3, 0.4) is 0 Å². The van der Waals surface area contributed by atoms with Crippen LogP contribution in [0.5, 0.6) is 0 Å². The average Bonchev–Trinajstić information content (AvgIpc) is 2.83. The van der Waals surface area contributed by atoms with Crippen molar-refractivity contribution in [2.75, 3.05) is 26.2 Å². The number of halogens is 2. The van der Waals surface area contributed by atoms with Gasteiger partial charge in [-0.2, -0.15) is 0 Å². The number of rotatable bonds is 4. The minimum Gasteiger partial charge on any atom is -0.341 e. The van der Waals surface area contributed by atoms with Gasteiger partial charge in [0.1, 0.15) is 0 Å². The van der Waals surface area contributed by atoms with Crippen molar-refractivity contribution in [3.63, 3.8) is 0 Å². The Morgan fingerprint density at radius 2 is 1.62 bits per heavy atom. The standard InChI is InChI=1S/C18H24F2N2O2/c1-3-13(4-2)17(23)21-8-5-9-22(11-10-21)18(24)14-6-7-15(19)16(20)12-14/h6-7,12-13H,3-5,8-11H2,1-2H3. The van der Waals surface area contributed by atoms with Crippen molar-refractivity contribution in [1.29, 1.82) is 0 Å². The van der Waals surface area contributed by atoms with Gasteiger partial charge in [-0.15, -0.1) is 0 Å². The molecule has 6 heteroatoms. The maximum absolute atomic E-state index is 13.3. The van der Waals surface area contributed by atoms with E-state index >= 15 is 0 Å². The first-order valence-corrected chi connectivity index (χ1v) is 8.51. The Kier molecular flexibility index (Phi) is 6.29. The maximum Gasteiger partial charge on any atom is 0.254 e. The summed E-state index contributed by atoms with van der Waals surface area (Å²) in [5, 5.41) is 0. The molecule has 4 nitrogen and oxygen atoms in total. The lowest BCUT2D eigenvalue weighted by Crippen LogP contribution is -2.39. The molecule has 1 aromatic rings. The lowest BCUT2D eigenvalue weighted by molar-refractivity contribution is -0.135. The van der Waals surface area contributed by atoms with Crippen LogP contribution in [0, 0.1) is 17.6 Å². The van der Waals surface area contributed by atoms with Crippen molar-refractivity contribution in [2.45, 2.75) is 33.1 Å². The molecule has 0 bridgehead atoms. The minimum atomic E-state index is -1.03. The molecule has 1 aromatic carbocycles. The van der Waals surface area contributed by atoms with Gasteiger partial charge in [0.15, 0.2) is 11.6 Å². The summed E-state index contributed by atoms with van der Waals surface area (Å²) in [6, 6.07) is 3.18. The van der Waals surface area contributed by atoms with Crippen molar-refractivity contribution in [3.8, 4) is 0 Å². The Hall–Kier alpha value is -1.98. The quantitative estimate of drug-likeness (QED) is 0.846. The van der Waals surface area contributed by atoms with E-state index in [0.29, 0.717) is 32.6 Å². The third-order valence-corrected chi connectivity index (χ3v) is 4.60. The van der Waals surface area contributed by atoms with E-state index < -0.39 is 11.6 Å². The zero-order chi connectivity index (χ0) is 17.7. The highest BCUT2D eigenvalue weighted by Crippen LogP contribution is 2.16. The summed E-state index contributed by atoms with van der Waals surface area (Å²) in [6.45, 7) is 6.02. The Morgan fingerprint density at radius 1 is 1.00 bits per heavy atom. The Bertz CT molecular complexity index is 603. The Morgan fingerprint density at radius 3 is 2.25 bits per heavy atom. The third kappa shape index (κ3) is 4.10. The number of hydrogen-bond donors (Lipinski definition) is 0. The van der Waals surface area contributed by atoms with Crippen molar-refractivity contribution < 1.29 is 18.4 Å². The molecule has 1 aliphatic rings. The molecule has 1 saturated heterocycles. The highest BCUT2D eigenvalue weighted by molar-refractivity contribution is 5.94. The molecule has 2 amide bonds. The van der Waals surface area contributed by atoms with E-state index in [0.717, 1.165) is 25.0 Å². The fraction of sp³-hybridized carbons (Fsp3) is 0.556. The number of hydrogen-bond acceptors (Lipinski definition) is 2. The van der Waals surface area contributed by atoms with Gasteiger partial charge in [0.05, 0.1) is 0 Å². The normalized spacial score (nSPS) is 15.5. The summed E-state index contributed by atoms with van der Waals surface area (Å²) in [5.74, 6) is -2.16. The Labute approximate surface area is 141 Å². The van der Waals surface area contributed by atoms with Crippen LogP contribution < -0.4 is 0 Å². The molecule has 0 radical (unpaired) electrons. The number of carbonyl (C=O) groups is 2. The topological polar surface area (TPSA) is 40.6 Å². The molecular formula is C18H24F2N2O2. The zero-order valence-corrected chi connectivity index (χ0v) is 14.2. The van der Waals surface area contributed by atoms with Crippen LogP contribution in [0.15, 0.2) is 18.2 Å². The molecule has 0 atom stereocenters. The molecule has 0 unspecified atom stereocenters. The lowest BCUT2D eigenvalue weighted by Gasteiger charge is -2.25. The van der Waals surface area contributed by atoms with Crippen LogP contribution >= 0.6 is 0 Å². The van der Waals surface area contributed by atoms with Crippen molar-refractivity contribution in [2.24, 2.45) is 5.92 Å². The fourth-order valence-electron chi connectivity index (χ4n) is 3.05. The van der Waals surface area contributed by atoms with Crippen LogP contribution in [0.2, 0.25) is 0 Å². The number of amides is 2. The third-order valence-electron chi connectivity index (χ3n) is 4.60. The average molecular weight is 338 g/mol. The molecule has 132 valence electrons. The predicted octanol–water partition coefficient (Wildman–Crippen LogP) is 3.08. The van der Waals surface area contributed by atoms with Gasteiger partial charge >= 0.3 is 0 Å². The van der Waals surface area contributed by atoms with E-state index in [9.17, 15) is 18.4 Å².